The van der Waals surface area contributed by atoms with Crippen molar-refractivity contribution in [3.05, 3.63) is 16.8 Å². The van der Waals surface area contributed by atoms with Crippen molar-refractivity contribution >= 4 is 15.9 Å². The Balaban J connectivity index is 2.61. The van der Waals surface area contributed by atoms with Crippen LogP contribution in [-0.4, -0.2) is 12.0 Å². The molecule has 1 rings (SSSR count). The molecule has 0 atom stereocenters. The second kappa shape index (κ2) is 2.98. The molecule has 0 aliphatic rings. The normalized spacial score (nSPS) is 10.0. The van der Waals surface area contributed by atoms with Gasteiger partial charge in [-0.1, -0.05) is 0 Å². The van der Waals surface area contributed by atoms with Crippen molar-refractivity contribution < 1.29 is 4.42 Å². The highest BCUT2D eigenvalue weighted by Gasteiger charge is 1.96. The number of nitrogens with one attached hydrogen (secondary N) is 1. The molecule has 0 fully saturated rings. The Morgan fingerprint density at radius 1 is 1.89 bits per heavy atom. The van der Waals surface area contributed by atoms with E-state index in [1.165, 1.54) is 0 Å². The Morgan fingerprint density at radius 3 is 3.11 bits per heavy atom. The summed E-state index contributed by atoms with van der Waals surface area (Å²) in [5.74, 6) is 0.698. The zero-order chi connectivity index (χ0) is 6.69. The molecule has 3 nitrogen and oxygen atoms in total. The molecule has 4 heteroatoms. The summed E-state index contributed by atoms with van der Waals surface area (Å²) in [4.78, 5) is 3.93. The molecule has 0 amide bonds. The summed E-state index contributed by atoms with van der Waals surface area (Å²) in [7, 11) is 1.85. The third kappa shape index (κ3) is 1.80. The van der Waals surface area contributed by atoms with E-state index < -0.39 is 0 Å². The topological polar surface area (TPSA) is 38.1 Å². The van der Waals surface area contributed by atoms with Gasteiger partial charge in [0.05, 0.1) is 12.7 Å². The summed E-state index contributed by atoms with van der Waals surface area (Å²) in [6.45, 7) is 0.672. The largest absolute Gasteiger partial charge is 0.433 e. The molecule has 0 radical (unpaired) electrons. The number of hydrogen-bond donors (Lipinski definition) is 1. The van der Waals surface area contributed by atoms with Crippen LogP contribution in [0.4, 0.5) is 0 Å². The number of halogens is 1. The van der Waals surface area contributed by atoms with Crippen LogP contribution in [0.5, 0.6) is 0 Å². The molecule has 0 aromatic carbocycles. The van der Waals surface area contributed by atoms with Crippen molar-refractivity contribution in [2.75, 3.05) is 7.05 Å². The SMILES string of the molecule is CNCc1ncc(Br)o1. The molecule has 9 heavy (non-hydrogen) atoms. The molecular formula is C5H7BrN2O. The predicted octanol–water partition coefficient (Wildman–Crippen LogP) is 1.16. The summed E-state index contributed by atoms with van der Waals surface area (Å²) in [6.07, 6.45) is 1.63. The van der Waals surface area contributed by atoms with E-state index in [-0.39, 0.29) is 0 Å². The molecule has 0 bridgehead atoms. The fourth-order valence-corrected chi connectivity index (χ4v) is 0.810. The van der Waals surface area contributed by atoms with E-state index in [2.05, 4.69) is 26.2 Å². The standard InChI is InChI=1S/C5H7BrN2O/c1-7-3-5-8-2-4(6)9-5/h2,7H,3H2,1H3. The maximum absolute atomic E-state index is 5.07. The molecule has 0 aliphatic carbocycles. The highest BCUT2D eigenvalue weighted by Crippen LogP contribution is 2.09. The van der Waals surface area contributed by atoms with Crippen LogP contribution in [0, 0.1) is 0 Å². The van der Waals surface area contributed by atoms with Crippen LogP contribution in [-0.2, 0) is 6.54 Å². The minimum absolute atomic E-state index is 0.672. The van der Waals surface area contributed by atoms with E-state index in [0.29, 0.717) is 17.1 Å². The molecule has 0 unspecified atom stereocenters. The lowest BCUT2D eigenvalue weighted by molar-refractivity contribution is 0.462. The highest BCUT2D eigenvalue weighted by molar-refractivity contribution is 9.10. The van der Waals surface area contributed by atoms with Crippen molar-refractivity contribution in [1.82, 2.24) is 10.3 Å². The first kappa shape index (κ1) is 6.77. The summed E-state index contributed by atoms with van der Waals surface area (Å²) >= 11 is 3.15. The summed E-state index contributed by atoms with van der Waals surface area (Å²) in [5, 5.41) is 2.92. The van der Waals surface area contributed by atoms with Crippen LogP contribution in [0.1, 0.15) is 5.89 Å². The van der Waals surface area contributed by atoms with Crippen molar-refractivity contribution in [2.45, 2.75) is 6.54 Å². The lowest BCUT2D eigenvalue weighted by atomic mass is 10.6. The van der Waals surface area contributed by atoms with Gasteiger partial charge in [0.15, 0.2) is 4.67 Å². The van der Waals surface area contributed by atoms with Gasteiger partial charge in [-0.2, -0.15) is 0 Å². The van der Waals surface area contributed by atoms with Gasteiger partial charge < -0.3 is 9.73 Å². The van der Waals surface area contributed by atoms with Gasteiger partial charge >= 0.3 is 0 Å². The summed E-state index contributed by atoms with van der Waals surface area (Å²) in [6, 6.07) is 0. The fourth-order valence-electron chi connectivity index (χ4n) is 0.521. The van der Waals surface area contributed by atoms with Gasteiger partial charge in [-0.05, 0) is 23.0 Å². The first-order valence-corrected chi connectivity index (χ1v) is 3.37. The Kier molecular flexibility index (Phi) is 2.24. The van der Waals surface area contributed by atoms with Gasteiger partial charge in [0.2, 0.25) is 5.89 Å². The van der Waals surface area contributed by atoms with Gasteiger partial charge in [-0.15, -0.1) is 0 Å². The third-order valence-corrected chi connectivity index (χ3v) is 1.22. The lowest BCUT2D eigenvalue weighted by Crippen LogP contribution is -2.04. The molecule has 0 saturated heterocycles. The smallest absolute Gasteiger partial charge is 0.209 e. The third-order valence-electron chi connectivity index (χ3n) is 0.853. The maximum Gasteiger partial charge on any atom is 0.209 e. The second-order valence-electron chi connectivity index (χ2n) is 1.59. The van der Waals surface area contributed by atoms with Crippen LogP contribution in [0.2, 0.25) is 0 Å². The van der Waals surface area contributed by atoms with Crippen LogP contribution >= 0.6 is 15.9 Å². The molecule has 1 heterocycles. The number of aromatic nitrogens is 1. The van der Waals surface area contributed by atoms with E-state index in [0.717, 1.165) is 0 Å². The minimum Gasteiger partial charge on any atom is -0.433 e. The highest BCUT2D eigenvalue weighted by atomic mass is 79.9. The lowest BCUT2D eigenvalue weighted by Gasteiger charge is -1.88. The molecule has 0 spiro atoms. The van der Waals surface area contributed by atoms with E-state index in [4.69, 9.17) is 4.42 Å². The monoisotopic (exact) mass is 190 g/mol. The first-order chi connectivity index (χ1) is 4.33. The van der Waals surface area contributed by atoms with E-state index >= 15 is 0 Å². The zero-order valence-corrected chi connectivity index (χ0v) is 6.60. The Labute approximate surface area is 61.6 Å². The molecular weight excluding hydrogens is 184 g/mol. The Bertz CT molecular complexity index is 187. The van der Waals surface area contributed by atoms with Crippen LogP contribution < -0.4 is 5.32 Å². The average molecular weight is 191 g/mol. The number of oxazole rings is 1. The van der Waals surface area contributed by atoms with Gasteiger partial charge in [-0.3, -0.25) is 0 Å². The summed E-state index contributed by atoms with van der Waals surface area (Å²) in [5.41, 5.74) is 0. The zero-order valence-electron chi connectivity index (χ0n) is 5.02. The van der Waals surface area contributed by atoms with Crippen LogP contribution in [0.3, 0.4) is 0 Å². The second-order valence-corrected chi connectivity index (χ2v) is 2.37. The van der Waals surface area contributed by atoms with Crippen molar-refractivity contribution in [3.63, 3.8) is 0 Å². The van der Waals surface area contributed by atoms with Crippen LogP contribution in [0.25, 0.3) is 0 Å². The number of hydrogen-bond acceptors (Lipinski definition) is 3. The van der Waals surface area contributed by atoms with Crippen LogP contribution in [0.15, 0.2) is 15.3 Å². The Hall–Kier alpha value is -0.350. The molecule has 1 aromatic rings. The van der Waals surface area contributed by atoms with Gasteiger partial charge in [-0.25, -0.2) is 4.98 Å². The van der Waals surface area contributed by atoms with E-state index in [1.807, 2.05) is 7.05 Å². The van der Waals surface area contributed by atoms with E-state index in [9.17, 15) is 0 Å². The van der Waals surface area contributed by atoms with Gasteiger partial charge in [0.1, 0.15) is 0 Å². The molecule has 0 aliphatic heterocycles. The van der Waals surface area contributed by atoms with Gasteiger partial charge in [0.25, 0.3) is 0 Å². The minimum atomic E-state index is 0.672. The molecule has 50 valence electrons. The quantitative estimate of drug-likeness (QED) is 0.761. The summed E-state index contributed by atoms with van der Waals surface area (Å²) < 4.78 is 5.74. The van der Waals surface area contributed by atoms with E-state index in [1.54, 1.807) is 6.20 Å². The first-order valence-electron chi connectivity index (χ1n) is 2.57. The van der Waals surface area contributed by atoms with Crippen molar-refractivity contribution in [1.29, 1.82) is 0 Å². The van der Waals surface area contributed by atoms with Crippen molar-refractivity contribution in [2.24, 2.45) is 0 Å². The predicted molar refractivity (Wildman–Crippen MR) is 37.0 cm³/mol. The number of rotatable bonds is 2. The Morgan fingerprint density at radius 2 is 2.67 bits per heavy atom. The molecule has 1 aromatic heterocycles. The van der Waals surface area contributed by atoms with Crippen molar-refractivity contribution in [3.8, 4) is 0 Å². The van der Waals surface area contributed by atoms with Gasteiger partial charge in [0, 0.05) is 0 Å². The molecule has 1 N–H and O–H groups in total. The maximum atomic E-state index is 5.07. The fraction of sp³-hybridized carbons (Fsp3) is 0.400. The molecule has 0 saturated carbocycles. The average Bonchev–Trinajstić information content (AvgIpc) is 2.17. The number of nitrogens with zero attached hydrogens (tertiary/aromatic N) is 1.